The van der Waals surface area contributed by atoms with Crippen molar-refractivity contribution >= 4 is 45.4 Å². The molecule has 0 saturated carbocycles. The van der Waals surface area contributed by atoms with Gasteiger partial charge in [0, 0.05) is 11.1 Å². The van der Waals surface area contributed by atoms with E-state index in [1.165, 1.54) is 0 Å². The van der Waals surface area contributed by atoms with Crippen molar-refractivity contribution in [1.29, 1.82) is 0 Å². The standard InChI is InChI=1S/C18H16N6O2.C2HF3O2/c1-9-12-8-11(26-2)4-6-14(12)21-17(20-9)24-18-22-15-5-3-10(19)7-13(15)16(25)23-18;3-2(4,5)1(6)7/h3-8H,19H2,1-2H3,(H2,20,21,22,23,24,25);(H,6,7). The van der Waals surface area contributed by atoms with E-state index in [9.17, 15) is 18.3 Å². The van der Waals surface area contributed by atoms with Gasteiger partial charge < -0.3 is 20.7 Å². The van der Waals surface area contributed by atoms with Gasteiger partial charge in [0.05, 0.1) is 29.2 Å². The fourth-order valence-corrected chi connectivity index (χ4v) is 2.73. The number of carboxylic acids is 1. The second kappa shape index (κ2) is 8.98. The van der Waals surface area contributed by atoms with Crippen LogP contribution in [0.2, 0.25) is 0 Å². The van der Waals surface area contributed by atoms with Crippen molar-refractivity contribution in [3.8, 4) is 11.6 Å². The third-order valence-electron chi connectivity index (χ3n) is 4.26. The quantitative estimate of drug-likeness (QED) is 0.332. The summed E-state index contributed by atoms with van der Waals surface area (Å²) in [6, 6.07) is 10.6. The number of benzene rings is 2. The Morgan fingerprint density at radius 2 is 1.58 bits per heavy atom. The number of methoxy groups -OCH3 is 1. The molecule has 172 valence electrons. The summed E-state index contributed by atoms with van der Waals surface area (Å²) in [6.45, 7) is 1.89. The van der Waals surface area contributed by atoms with Crippen molar-refractivity contribution in [2.75, 3.05) is 18.2 Å². The number of nitrogens with two attached hydrogens (primary N) is 1. The first-order valence-corrected chi connectivity index (χ1v) is 9.13. The highest BCUT2D eigenvalue weighted by atomic mass is 19.4. The molecule has 2 aromatic carbocycles. The van der Waals surface area contributed by atoms with Crippen LogP contribution < -0.4 is 15.8 Å². The minimum atomic E-state index is -5.08. The Morgan fingerprint density at radius 3 is 2.18 bits per heavy atom. The van der Waals surface area contributed by atoms with Gasteiger partial charge in [0.2, 0.25) is 17.8 Å². The Labute approximate surface area is 183 Å². The molecule has 0 aliphatic rings. The number of aliphatic carboxylic acids is 1. The maximum Gasteiger partial charge on any atom is 0.490 e. The van der Waals surface area contributed by atoms with Crippen LogP contribution in [0.3, 0.4) is 0 Å². The molecule has 4 rings (SSSR count). The van der Waals surface area contributed by atoms with Crippen LogP contribution in [0.15, 0.2) is 36.4 Å². The molecule has 33 heavy (non-hydrogen) atoms. The Morgan fingerprint density at radius 1 is 1.00 bits per heavy atom. The van der Waals surface area contributed by atoms with Crippen LogP contribution in [0.1, 0.15) is 5.69 Å². The number of nitrogens with zero attached hydrogens (tertiary/aromatic N) is 4. The van der Waals surface area contributed by atoms with Gasteiger partial charge >= 0.3 is 12.1 Å². The molecular weight excluding hydrogens is 445 g/mol. The van der Waals surface area contributed by atoms with Gasteiger partial charge in [0.15, 0.2) is 0 Å². The number of carboxylic acid groups (broad SMARTS) is 1. The van der Waals surface area contributed by atoms with Gasteiger partial charge in [-0.3, -0.25) is 5.32 Å². The lowest BCUT2D eigenvalue weighted by Crippen LogP contribution is -2.21. The SMILES string of the molecule is COc1ccc2nc(Nc3nc(O)c4cc(N)ccc4n3)nc(C)c2c1.O=C(O)C(F)(F)F. The number of aryl methyl sites for hydroxylation is 1. The number of fused-ring (bicyclic) bond motifs is 2. The van der Waals surface area contributed by atoms with E-state index >= 15 is 0 Å². The van der Waals surface area contributed by atoms with Crippen LogP contribution >= 0.6 is 0 Å². The van der Waals surface area contributed by atoms with Gasteiger partial charge in [-0.1, -0.05) is 0 Å². The Balaban J connectivity index is 0.000000383. The number of rotatable bonds is 3. The summed E-state index contributed by atoms with van der Waals surface area (Å²) < 4.78 is 37.0. The van der Waals surface area contributed by atoms with Crippen LogP contribution in [-0.2, 0) is 4.79 Å². The van der Waals surface area contributed by atoms with Gasteiger partial charge in [-0.25, -0.2) is 19.7 Å². The van der Waals surface area contributed by atoms with Crippen molar-refractivity contribution in [1.82, 2.24) is 19.9 Å². The summed E-state index contributed by atoms with van der Waals surface area (Å²) in [6.07, 6.45) is -5.08. The third-order valence-corrected chi connectivity index (χ3v) is 4.26. The number of carbonyl (C=O) groups is 1. The van der Waals surface area contributed by atoms with Crippen LogP contribution in [0, 0.1) is 6.92 Å². The normalized spacial score (nSPS) is 11.1. The number of hydrogen-bond acceptors (Lipinski definition) is 9. The molecule has 4 aromatic rings. The molecule has 0 atom stereocenters. The number of aromatic nitrogens is 4. The number of nitrogen functional groups attached to an aromatic ring is 1. The molecule has 0 spiro atoms. The Hall–Kier alpha value is -4.42. The zero-order valence-corrected chi connectivity index (χ0v) is 17.2. The zero-order chi connectivity index (χ0) is 24.3. The van der Waals surface area contributed by atoms with E-state index in [-0.39, 0.29) is 11.8 Å². The minimum absolute atomic E-state index is 0.160. The summed E-state index contributed by atoms with van der Waals surface area (Å²) in [4.78, 5) is 26.2. The van der Waals surface area contributed by atoms with Crippen molar-refractivity contribution in [2.24, 2.45) is 0 Å². The third kappa shape index (κ3) is 5.44. The van der Waals surface area contributed by atoms with Crippen molar-refractivity contribution < 1.29 is 32.9 Å². The van der Waals surface area contributed by atoms with E-state index in [0.717, 1.165) is 22.3 Å². The smallest absolute Gasteiger partial charge is 0.490 e. The minimum Gasteiger partial charge on any atom is -0.497 e. The maximum absolute atomic E-state index is 10.6. The van der Waals surface area contributed by atoms with Crippen molar-refractivity contribution in [2.45, 2.75) is 13.1 Å². The van der Waals surface area contributed by atoms with E-state index in [1.54, 1.807) is 25.3 Å². The van der Waals surface area contributed by atoms with Gasteiger partial charge in [0.25, 0.3) is 0 Å². The molecule has 0 amide bonds. The first-order chi connectivity index (χ1) is 15.5. The number of aromatic hydroxyl groups is 1. The first-order valence-electron chi connectivity index (χ1n) is 9.13. The van der Waals surface area contributed by atoms with E-state index in [1.807, 2.05) is 25.1 Å². The summed E-state index contributed by atoms with van der Waals surface area (Å²) in [5.74, 6) is -1.63. The lowest BCUT2D eigenvalue weighted by molar-refractivity contribution is -0.192. The van der Waals surface area contributed by atoms with E-state index in [0.29, 0.717) is 22.5 Å². The molecule has 2 heterocycles. The highest BCUT2D eigenvalue weighted by Crippen LogP contribution is 2.27. The lowest BCUT2D eigenvalue weighted by atomic mass is 10.2. The number of halogens is 3. The highest BCUT2D eigenvalue weighted by Gasteiger charge is 2.38. The van der Waals surface area contributed by atoms with Gasteiger partial charge in [-0.2, -0.15) is 18.2 Å². The lowest BCUT2D eigenvalue weighted by Gasteiger charge is -2.09. The van der Waals surface area contributed by atoms with E-state index in [4.69, 9.17) is 20.4 Å². The van der Waals surface area contributed by atoms with Crippen LogP contribution in [0.4, 0.5) is 30.8 Å². The number of hydrogen-bond donors (Lipinski definition) is 4. The van der Waals surface area contributed by atoms with Crippen molar-refractivity contribution in [3.05, 3.63) is 42.1 Å². The summed E-state index contributed by atoms with van der Waals surface area (Å²) in [5, 5.41) is 21.6. The molecule has 0 aliphatic heterocycles. The summed E-state index contributed by atoms with van der Waals surface area (Å²) >= 11 is 0. The first kappa shape index (κ1) is 23.2. The van der Waals surface area contributed by atoms with Gasteiger partial charge in [-0.15, -0.1) is 0 Å². The molecule has 13 heteroatoms. The molecule has 0 fully saturated rings. The summed E-state index contributed by atoms with van der Waals surface area (Å²) in [7, 11) is 1.62. The average Bonchev–Trinajstić information content (AvgIpc) is 2.74. The molecule has 5 N–H and O–H groups in total. The second-order valence-corrected chi connectivity index (χ2v) is 6.59. The summed E-state index contributed by atoms with van der Waals surface area (Å²) in [5.41, 5.74) is 8.38. The predicted molar refractivity (Wildman–Crippen MR) is 113 cm³/mol. The molecule has 0 saturated heterocycles. The number of ether oxygens (including phenoxy) is 1. The number of nitrogens with one attached hydrogen (secondary N) is 1. The zero-order valence-electron chi connectivity index (χ0n) is 17.2. The molecule has 0 aliphatic carbocycles. The number of anilines is 3. The fraction of sp³-hybridized carbons (Fsp3) is 0.150. The molecule has 2 aromatic heterocycles. The van der Waals surface area contributed by atoms with Crippen LogP contribution in [0.25, 0.3) is 21.8 Å². The monoisotopic (exact) mass is 462 g/mol. The largest absolute Gasteiger partial charge is 0.497 e. The second-order valence-electron chi connectivity index (χ2n) is 6.59. The Kier molecular flexibility index (Phi) is 6.33. The molecule has 10 nitrogen and oxygen atoms in total. The van der Waals surface area contributed by atoms with Gasteiger partial charge in [0.1, 0.15) is 5.75 Å². The average molecular weight is 462 g/mol. The Bertz CT molecular complexity index is 1350. The highest BCUT2D eigenvalue weighted by molar-refractivity contribution is 5.87. The van der Waals surface area contributed by atoms with E-state index in [2.05, 4.69) is 25.3 Å². The topological polar surface area (TPSA) is 156 Å². The number of alkyl halides is 3. The van der Waals surface area contributed by atoms with Gasteiger partial charge in [-0.05, 0) is 43.3 Å². The molecular formula is C20H17F3N6O4. The molecule has 0 unspecified atom stereocenters. The van der Waals surface area contributed by atoms with Crippen LogP contribution in [0.5, 0.6) is 11.6 Å². The predicted octanol–water partition coefficient (Wildman–Crippen LogP) is 3.55. The molecule has 0 radical (unpaired) electrons. The van der Waals surface area contributed by atoms with Crippen LogP contribution in [-0.4, -0.2) is 49.4 Å². The maximum atomic E-state index is 10.6. The fourth-order valence-electron chi connectivity index (χ4n) is 2.73. The van der Waals surface area contributed by atoms with Crippen molar-refractivity contribution in [3.63, 3.8) is 0 Å². The molecule has 0 bridgehead atoms. The van der Waals surface area contributed by atoms with E-state index < -0.39 is 12.1 Å².